The van der Waals surface area contributed by atoms with E-state index < -0.39 is 0 Å². The summed E-state index contributed by atoms with van der Waals surface area (Å²) in [7, 11) is 0. The lowest BCUT2D eigenvalue weighted by molar-refractivity contribution is 0.106. The van der Waals surface area contributed by atoms with Crippen LogP contribution in [0.4, 0.5) is 0 Å². The average molecular weight is 229 g/mol. The molecular weight excluding hydrogens is 198 g/mol. The van der Waals surface area contributed by atoms with Gasteiger partial charge in [-0.3, -0.25) is 5.32 Å². The van der Waals surface area contributed by atoms with Crippen molar-refractivity contribution in [2.75, 3.05) is 0 Å². The maximum Gasteiger partial charge on any atom is 0.105 e. The Bertz CT molecular complexity index is 131. The highest BCUT2D eigenvalue weighted by Gasteiger charge is 2.11. The number of nitrogens with one attached hydrogen (secondary N) is 1. The molecule has 2 nitrogen and oxygen atoms in total. The number of hydrogen-bond acceptors (Lipinski definition) is 2. The molecule has 0 rings (SSSR count). The van der Waals surface area contributed by atoms with Crippen LogP contribution in [0.2, 0.25) is 0 Å². The maximum atomic E-state index is 9.84. The van der Waals surface area contributed by atoms with Crippen LogP contribution in [0, 0.1) is 0 Å². The van der Waals surface area contributed by atoms with Crippen LogP contribution in [0.15, 0.2) is 0 Å². The summed E-state index contributed by atoms with van der Waals surface area (Å²) < 4.78 is 0. The fourth-order valence-corrected chi connectivity index (χ4v) is 1.96. The molecule has 0 saturated carbocycles. The Morgan fingerprint density at radius 3 is 1.69 bits per heavy atom. The molecule has 1 atom stereocenters. The fraction of sp³-hybridized carbons (Fsp3) is 1.00. The molecule has 0 radical (unpaired) electrons. The van der Waals surface area contributed by atoms with E-state index in [0.29, 0.717) is 6.04 Å². The fourth-order valence-electron chi connectivity index (χ4n) is 1.96. The van der Waals surface area contributed by atoms with E-state index in [4.69, 9.17) is 0 Å². The average Bonchev–Trinajstić information content (AvgIpc) is 2.30. The quantitative estimate of drug-likeness (QED) is 0.528. The molecule has 0 aliphatic heterocycles. The van der Waals surface area contributed by atoms with Gasteiger partial charge in [-0.05, 0) is 25.7 Å². The van der Waals surface area contributed by atoms with Gasteiger partial charge in [0.05, 0.1) is 0 Å². The lowest BCUT2D eigenvalue weighted by atomic mass is 10.0. The molecule has 16 heavy (non-hydrogen) atoms. The first-order valence-electron chi connectivity index (χ1n) is 7.18. The number of unbranched alkanes of at least 4 members (excludes halogenated alkanes) is 3. The lowest BCUT2D eigenvalue weighted by Gasteiger charge is -2.22. The third-order valence-corrected chi connectivity index (χ3v) is 3.07. The highest BCUT2D eigenvalue weighted by molar-refractivity contribution is 4.68. The van der Waals surface area contributed by atoms with E-state index in [0.717, 1.165) is 19.3 Å². The standard InChI is InChI=1S/C14H31NO/c1-4-7-10-13(11-8-5-2)15-14(16)12-9-6-3/h13-16H,4-12H2,1-3H3. The molecule has 0 heterocycles. The van der Waals surface area contributed by atoms with Gasteiger partial charge in [0.15, 0.2) is 0 Å². The minimum absolute atomic E-state index is 0.293. The topological polar surface area (TPSA) is 32.3 Å². The minimum Gasteiger partial charge on any atom is -0.379 e. The minimum atomic E-state index is -0.293. The zero-order chi connectivity index (χ0) is 12.2. The second-order valence-electron chi connectivity index (χ2n) is 4.81. The highest BCUT2D eigenvalue weighted by Crippen LogP contribution is 2.10. The van der Waals surface area contributed by atoms with Crippen molar-refractivity contribution in [3.05, 3.63) is 0 Å². The molecule has 0 fully saturated rings. The number of aliphatic hydroxyl groups excluding tert-OH is 1. The predicted octanol–water partition coefficient (Wildman–Crippen LogP) is 3.83. The summed E-state index contributed by atoms with van der Waals surface area (Å²) >= 11 is 0. The number of aliphatic hydroxyl groups is 1. The monoisotopic (exact) mass is 229 g/mol. The van der Waals surface area contributed by atoms with Crippen LogP contribution in [-0.4, -0.2) is 17.4 Å². The normalized spacial score (nSPS) is 13.3. The van der Waals surface area contributed by atoms with Gasteiger partial charge in [-0.1, -0.05) is 52.9 Å². The Morgan fingerprint density at radius 1 is 0.812 bits per heavy atom. The smallest absolute Gasteiger partial charge is 0.105 e. The Morgan fingerprint density at radius 2 is 1.25 bits per heavy atom. The lowest BCUT2D eigenvalue weighted by Crippen LogP contribution is -2.38. The Balaban J connectivity index is 3.78. The molecule has 0 aliphatic rings. The van der Waals surface area contributed by atoms with Crippen molar-refractivity contribution < 1.29 is 5.11 Å². The SMILES string of the molecule is CCCCC(O)NC(CCCC)CCCC. The van der Waals surface area contributed by atoms with Crippen LogP contribution in [0.3, 0.4) is 0 Å². The van der Waals surface area contributed by atoms with Crippen LogP contribution < -0.4 is 5.32 Å². The van der Waals surface area contributed by atoms with Gasteiger partial charge >= 0.3 is 0 Å². The van der Waals surface area contributed by atoms with Crippen LogP contribution in [0.25, 0.3) is 0 Å². The van der Waals surface area contributed by atoms with Gasteiger partial charge in [-0.25, -0.2) is 0 Å². The van der Waals surface area contributed by atoms with Gasteiger partial charge in [-0.15, -0.1) is 0 Å². The van der Waals surface area contributed by atoms with E-state index in [-0.39, 0.29) is 6.23 Å². The molecule has 2 heteroatoms. The second-order valence-corrected chi connectivity index (χ2v) is 4.81. The van der Waals surface area contributed by atoms with Crippen molar-refractivity contribution in [1.29, 1.82) is 0 Å². The Hall–Kier alpha value is -0.0800. The van der Waals surface area contributed by atoms with Gasteiger partial charge in [0.1, 0.15) is 6.23 Å². The highest BCUT2D eigenvalue weighted by atomic mass is 16.3. The molecule has 98 valence electrons. The van der Waals surface area contributed by atoms with Gasteiger partial charge in [0, 0.05) is 6.04 Å². The molecule has 1 unspecified atom stereocenters. The Kier molecular flexibility index (Phi) is 11.3. The van der Waals surface area contributed by atoms with E-state index >= 15 is 0 Å². The van der Waals surface area contributed by atoms with E-state index in [1.807, 2.05) is 0 Å². The summed E-state index contributed by atoms with van der Waals surface area (Å²) in [4.78, 5) is 0. The maximum absolute atomic E-state index is 9.84. The van der Waals surface area contributed by atoms with Crippen LogP contribution in [0.1, 0.15) is 78.6 Å². The summed E-state index contributed by atoms with van der Waals surface area (Å²) in [6.45, 7) is 6.62. The summed E-state index contributed by atoms with van der Waals surface area (Å²) in [5.41, 5.74) is 0. The van der Waals surface area contributed by atoms with Crippen molar-refractivity contribution in [1.82, 2.24) is 5.32 Å². The van der Waals surface area contributed by atoms with Gasteiger partial charge in [-0.2, -0.15) is 0 Å². The third kappa shape index (κ3) is 9.17. The molecule has 0 aromatic heterocycles. The summed E-state index contributed by atoms with van der Waals surface area (Å²) in [6.07, 6.45) is 10.3. The molecule has 0 amide bonds. The number of hydrogen-bond donors (Lipinski definition) is 2. The molecular formula is C14H31NO. The summed E-state index contributed by atoms with van der Waals surface area (Å²) in [5, 5.41) is 13.2. The van der Waals surface area contributed by atoms with E-state index in [1.54, 1.807) is 0 Å². The van der Waals surface area contributed by atoms with Crippen molar-refractivity contribution in [2.24, 2.45) is 0 Å². The Labute approximate surface area is 102 Å². The second kappa shape index (κ2) is 11.4. The molecule has 0 bridgehead atoms. The van der Waals surface area contributed by atoms with Crippen molar-refractivity contribution >= 4 is 0 Å². The first-order chi connectivity index (χ1) is 7.74. The molecule has 2 N–H and O–H groups in total. The first-order valence-corrected chi connectivity index (χ1v) is 7.18. The van der Waals surface area contributed by atoms with E-state index in [1.165, 1.54) is 38.5 Å². The van der Waals surface area contributed by atoms with Gasteiger partial charge < -0.3 is 5.11 Å². The largest absolute Gasteiger partial charge is 0.379 e. The first kappa shape index (κ1) is 15.9. The van der Waals surface area contributed by atoms with Crippen molar-refractivity contribution in [2.45, 2.75) is 90.8 Å². The van der Waals surface area contributed by atoms with E-state index in [2.05, 4.69) is 26.1 Å². The molecule has 0 aromatic rings. The molecule has 0 aromatic carbocycles. The third-order valence-electron chi connectivity index (χ3n) is 3.07. The summed E-state index contributed by atoms with van der Waals surface area (Å²) in [6, 6.07) is 0.520. The predicted molar refractivity (Wildman–Crippen MR) is 71.5 cm³/mol. The summed E-state index contributed by atoms with van der Waals surface area (Å²) in [5.74, 6) is 0. The van der Waals surface area contributed by atoms with Crippen molar-refractivity contribution in [3.63, 3.8) is 0 Å². The molecule has 0 aliphatic carbocycles. The van der Waals surface area contributed by atoms with E-state index in [9.17, 15) is 5.11 Å². The van der Waals surface area contributed by atoms with Crippen LogP contribution in [-0.2, 0) is 0 Å². The zero-order valence-electron chi connectivity index (χ0n) is 11.5. The van der Waals surface area contributed by atoms with Crippen molar-refractivity contribution in [3.8, 4) is 0 Å². The zero-order valence-corrected chi connectivity index (χ0v) is 11.5. The number of rotatable bonds is 11. The van der Waals surface area contributed by atoms with Crippen LogP contribution in [0.5, 0.6) is 0 Å². The molecule has 0 saturated heterocycles. The van der Waals surface area contributed by atoms with Crippen LogP contribution >= 0.6 is 0 Å². The molecule has 0 spiro atoms. The van der Waals surface area contributed by atoms with Gasteiger partial charge in [0.2, 0.25) is 0 Å². The van der Waals surface area contributed by atoms with Gasteiger partial charge in [0.25, 0.3) is 0 Å².